The molecule has 0 saturated heterocycles. The normalized spacial score (nSPS) is 25.3. The maximum absolute atomic E-state index is 9.25. The first-order valence-electron chi connectivity index (χ1n) is 5.67. The molecule has 1 heterocycles. The molecule has 1 aromatic rings. The second kappa shape index (κ2) is 4.33. The number of fused-ring (bicyclic) bond motifs is 1. The van der Waals surface area contributed by atoms with Crippen LogP contribution in [0.2, 0.25) is 0 Å². The summed E-state index contributed by atoms with van der Waals surface area (Å²) in [5, 5.41) is 12.8. The lowest BCUT2D eigenvalue weighted by molar-refractivity contribution is 0.210. The molecular formula is C13H19NO. The fourth-order valence-corrected chi connectivity index (χ4v) is 2.36. The number of aliphatic hydroxyl groups is 1. The molecule has 2 N–H and O–H groups in total. The molecule has 0 aliphatic carbocycles. The maximum atomic E-state index is 9.25. The maximum Gasteiger partial charge on any atom is 0.0588 e. The van der Waals surface area contributed by atoms with Gasteiger partial charge in [-0.3, -0.25) is 0 Å². The van der Waals surface area contributed by atoms with E-state index in [1.165, 1.54) is 11.1 Å². The van der Waals surface area contributed by atoms with Gasteiger partial charge in [-0.15, -0.1) is 0 Å². The van der Waals surface area contributed by atoms with E-state index in [4.69, 9.17) is 0 Å². The van der Waals surface area contributed by atoms with Crippen LogP contribution in [0, 0.1) is 5.92 Å². The highest BCUT2D eigenvalue weighted by molar-refractivity contribution is 5.33. The van der Waals surface area contributed by atoms with Crippen LogP contribution in [0.5, 0.6) is 0 Å². The van der Waals surface area contributed by atoms with E-state index in [9.17, 15) is 5.11 Å². The molecular weight excluding hydrogens is 186 g/mol. The molecule has 0 aromatic heterocycles. The summed E-state index contributed by atoms with van der Waals surface area (Å²) in [6.45, 7) is 4.65. The van der Waals surface area contributed by atoms with Gasteiger partial charge in [0.15, 0.2) is 0 Å². The number of benzene rings is 1. The highest BCUT2D eigenvalue weighted by Gasteiger charge is 2.27. The number of aliphatic hydroxyl groups excluding tert-OH is 1. The van der Waals surface area contributed by atoms with Crippen molar-refractivity contribution in [3.05, 3.63) is 35.4 Å². The highest BCUT2D eigenvalue weighted by Crippen LogP contribution is 2.30. The standard InChI is InChI=1S/C13H19NO/c1-9(2)13-12-6-4-3-5-10(12)7-11(8-15)14-13/h3-6,9,11,13-15H,7-8H2,1-2H3/t11-,13+/m0/s1. The average molecular weight is 205 g/mol. The first-order chi connectivity index (χ1) is 7.22. The largest absolute Gasteiger partial charge is 0.395 e. The van der Waals surface area contributed by atoms with Gasteiger partial charge in [0.1, 0.15) is 0 Å². The Labute approximate surface area is 91.3 Å². The summed E-state index contributed by atoms with van der Waals surface area (Å²) >= 11 is 0. The summed E-state index contributed by atoms with van der Waals surface area (Å²) in [6.07, 6.45) is 0.940. The van der Waals surface area contributed by atoms with Gasteiger partial charge in [-0.25, -0.2) is 0 Å². The molecule has 1 aliphatic rings. The lowest BCUT2D eigenvalue weighted by atomic mass is 9.85. The molecule has 0 spiro atoms. The van der Waals surface area contributed by atoms with Gasteiger partial charge in [-0.1, -0.05) is 38.1 Å². The molecule has 2 atom stereocenters. The van der Waals surface area contributed by atoms with Crippen LogP contribution in [0.3, 0.4) is 0 Å². The van der Waals surface area contributed by atoms with Crippen LogP contribution in [0.25, 0.3) is 0 Å². The second-order valence-electron chi connectivity index (χ2n) is 4.67. The molecule has 2 heteroatoms. The van der Waals surface area contributed by atoms with Gasteiger partial charge in [-0.2, -0.15) is 0 Å². The molecule has 82 valence electrons. The van der Waals surface area contributed by atoms with Crippen LogP contribution < -0.4 is 5.32 Å². The summed E-state index contributed by atoms with van der Waals surface area (Å²) < 4.78 is 0. The molecule has 1 aromatic carbocycles. The topological polar surface area (TPSA) is 32.3 Å². The molecule has 0 radical (unpaired) electrons. The zero-order chi connectivity index (χ0) is 10.8. The first kappa shape index (κ1) is 10.7. The van der Waals surface area contributed by atoms with E-state index in [-0.39, 0.29) is 12.6 Å². The van der Waals surface area contributed by atoms with Gasteiger partial charge < -0.3 is 10.4 Å². The van der Waals surface area contributed by atoms with Gasteiger partial charge in [0.05, 0.1) is 6.61 Å². The fourth-order valence-electron chi connectivity index (χ4n) is 2.36. The van der Waals surface area contributed by atoms with Crippen molar-refractivity contribution < 1.29 is 5.11 Å². The third-order valence-electron chi connectivity index (χ3n) is 3.16. The average Bonchev–Trinajstić information content (AvgIpc) is 2.27. The lowest BCUT2D eigenvalue weighted by Gasteiger charge is -2.34. The number of rotatable bonds is 2. The summed E-state index contributed by atoms with van der Waals surface area (Å²) in [6, 6.07) is 9.14. The quantitative estimate of drug-likeness (QED) is 0.772. The molecule has 0 bridgehead atoms. The third kappa shape index (κ3) is 2.06. The zero-order valence-electron chi connectivity index (χ0n) is 9.40. The van der Waals surface area contributed by atoms with Gasteiger partial charge in [0, 0.05) is 12.1 Å². The van der Waals surface area contributed by atoms with Crippen molar-refractivity contribution in [2.45, 2.75) is 32.4 Å². The Kier molecular flexibility index (Phi) is 3.08. The molecule has 0 unspecified atom stereocenters. The molecule has 0 amide bonds. The first-order valence-corrected chi connectivity index (χ1v) is 5.67. The Bertz CT molecular complexity index is 335. The van der Waals surface area contributed by atoms with Crippen LogP contribution >= 0.6 is 0 Å². The smallest absolute Gasteiger partial charge is 0.0588 e. The van der Waals surface area contributed by atoms with Gasteiger partial charge >= 0.3 is 0 Å². The minimum Gasteiger partial charge on any atom is -0.395 e. The van der Waals surface area contributed by atoms with E-state index < -0.39 is 0 Å². The van der Waals surface area contributed by atoms with Gasteiger partial charge in [-0.05, 0) is 23.5 Å². The lowest BCUT2D eigenvalue weighted by Crippen LogP contribution is -2.43. The third-order valence-corrected chi connectivity index (χ3v) is 3.16. The zero-order valence-corrected chi connectivity index (χ0v) is 9.40. The molecule has 2 nitrogen and oxygen atoms in total. The van der Waals surface area contributed by atoms with Crippen molar-refractivity contribution >= 4 is 0 Å². The van der Waals surface area contributed by atoms with Crippen molar-refractivity contribution in [3.63, 3.8) is 0 Å². The van der Waals surface area contributed by atoms with Gasteiger partial charge in [0.2, 0.25) is 0 Å². The van der Waals surface area contributed by atoms with Crippen LogP contribution in [-0.4, -0.2) is 17.8 Å². The van der Waals surface area contributed by atoms with Crippen molar-refractivity contribution in [2.24, 2.45) is 5.92 Å². The Hall–Kier alpha value is -0.860. The minimum absolute atomic E-state index is 0.215. The minimum atomic E-state index is 0.215. The molecule has 1 aliphatic heterocycles. The van der Waals surface area contributed by atoms with E-state index in [2.05, 4.69) is 43.4 Å². The van der Waals surface area contributed by atoms with Crippen LogP contribution in [0.1, 0.15) is 31.0 Å². The monoisotopic (exact) mass is 205 g/mol. The van der Waals surface area contributed by atoms with E-state index in [0.29, 0.717) is 12.0 Å². The predicted molar refractivity (Wildman–Crippen MR) is 61.7 cm³/mol. The second-order valence-corrected chi connectivity index (χ2v) is 4.67. The van der Waals surface area contributed by atoms with E-state index in [1.54, 1.807) is 0 Å². The highest BCUT2D eigenvalue weighted by atomic mass is 16.3. The molecule has 15 heavy (non-hydrogen) atoms. The summed E-state index contributed by atoms with van der Waals surface area (Å²) in [5.74, 6) is 0.556. The van der Waals surface area contributed by atoms with Crippen molar-refractivity contribution in [3.8, 4) is 0 Å². The predicted octanol–water partition coefficient (Wildman–Crippen LogP) is 1.89. The van der Waals surface area contributed by atoms with E-state index in [1.807, 2.05) is 0 Å². The van der Waals surface area contributed by atoms with Gasteiger partial charge in [0.25, 0.3) is 0 Å². The molecule has 0 fully saturated rings. The van der Waals surface area contributed by atoms with E-state index in [0.717, 1.165) is 6.42 Å². The van der Waals surface area contributed by atoms with Crippen LogP contribution in [-0.2, 0) is 6.42 Å². The van der Waals surface area contributed by atoms with Crippen LogP contribution in [0.4, 0.5) is 0 Å². The van der Waals surface area contributed by atoms with Crippen molar-refractivity contribution in [1.82, 2.24) is 5.32 Å². The Morgan fingerprint density at radius 2 is 2.13 bits per heavy atom. The number of hydrogen-bond acceptors (Lipinski definition) is 2. The summed E-state index contributed by atoms with van der Waals surface area (Å²) in [5.41, 5.74) is 2.78. The van der Waals surface area contributed by atoms with Crippen molar-refractivity contribution in [2.75, 3.05) is 6.61 Å². The van der Waals surface area contributed by atoms with Crippen LogP contribution in [0.15, 0.2) is 24.3 Å². The number of nitrogens with one attached hydrogen (secondary N) is 1. The van der Waals surface area contributed by atoms with Crippen molar-refractivity contribution in [1.29, 1.82) is 0 Å². The SMILES string of the molecule is CC(C)[C@H]1N[C@H](CO)Cc2ccccc21. The molecule has 2 rings (SSSR count). The Balaban J connectivity index is 2.34. The summed E-state index contributed by atoms with van der Waals surface area (Å²) in [7, 11) is 0. The Morgan fingerprint density at radius 3 is 2.80 bits per heavy atom. The number of hydrogen-bond donors (Lipinski definition) is 2. The van der Waals surface area contributed by atoms with E-state index >= 15 is 0 Å². The Morgan fingerprint density at radius 1 is 1.40 bits per heavy atom. The fraction of sp³-hybridized carbons (Fsp3) is 0.538. The molecule has 0 saturated carbocycles. The summed E-state index contributed by atoms with van der Waals surface area (Å²) in [4.78, 5) is 0.